The van der Waals surface area contributed by atoms with Crippen LogP contribution in [0.1, 0.15) is 13.3 Å². The van der Waals surface area contributed by atoms with Crippen LogP contribution in [0.15, 0.2) is 52.4 Å². The van der Waals surface area contributed by atoms with Crippen LogP contribution in [0, 0.1) is 0 Å². The normalized spacial score (nSPS) is 11.1. The second kappa shape index (κ2) is 6.45. The number of aromatic nitrogens is 1. The van der Waals surface area contributed by atoms with Crippen molar-refractivity contribution in [2.45, 2.75) is 18.2 Å². The van der Waals surface area contributed by atoms with E-state index in [9.17, 15) is 13.2 Å². The number of pyridine rings is 1. The van der Waals surface area contributed by atoms with Gasteiger partial charge in [0.1, 0.15) is 5.75 Å². The predicted molar refractivity (Wildman–Crippen MR) is 80.1 cm³/mol. The predicted octanol–water partition coefficient (Wildman–Crippen LogP) is 1.96. The van der Waals surface area contributed by atoms with E-state index < -0.39 is 15.5 Å². The third kappa shape index (κ3) is 3.63. The molecule has 0 saturated heterocycles. The van der Waals surface area contributed by atoms with Crippen molar-refractivity contribution in [3.63, 3.8) is 0 Å². The highest BCUT2D eigenvalue weighted by Gasteiger charge is 2.19. The van der Waals surface area contributed by atoms with Crippen molar-refractivity contribution in [3.8, 4) is 5.75 Å². The third-order valence-electron chi connectivity index (χ3n) is 2.67. The molecule has 1 heterocycles. The van der Waals surface area contributed by atoms with Gasteiger partial charge in [0, 0.05) is 18.5 Å². The highest BCUT2D eigenvalue weighted by atomic mass is 32.2. The lowest BCUT2D eigenvalue weighted by atomic mass is 10.3. The lowest BCUT2D eigenvalue weighted by molar-refractivity contribution is 0.319. The lowest BCUT2D eigenvalue weighted by Crippen LogP contribution is -2.21. The standard InChI is InChI=1S/C14H16N2O4S/c1-2-9-20-13-6-4-3-5-11(13)16-21(18,19)14-10-15-8-7-12(14)17/h3-8,10,16H,2,9H2,1H3,(H,15,17). The zero-order chi connectivity index (χ0) is 15.3. The molecule has 0 atom stereocenters. The van der Waals surface area contributed by atoms with Crippen LogP contribution < -0.4 is 14.9 Å². The number of ether oxygens (including phenoxy) is 1. The summed E-state index contributed by atoms with van der Waals surface area (Å²) in [6, 6.07) is 7.85. The van der Waals surface area contributed by atoms with E-state index in [0.717, 1.165) is 18.7 Å². The van der Waals surface area contributed by atoms with Crippen molar-refractivity contribution in [2.24, 2.45) is 0 Å². The Morgan fingerprint density at radius 1 is 1.24 bits per heavy atom. The Bertz CT molecular complexity index is 768. The minimum absolute atomic E-state index is 0.300. The summed E-state index contributed by atoms with van der Waals surface area (Å²) in [5.41, 5.74) is -0.276. The van der Waals surface area contributed by atoms with E-state index in [0.29, 0.717) is 18.0 Å². The zero-order valence-electron chi connectivity index (χ0n) is 11.5. The van der Waals surface area contributed by atoms with E-state index in [4.69, 9.17) is 4.74 Å². The number of para-hydroxylation sites is 2. The van der Waals surface area contributed by atoms with E-state index in [1.165, 1.54) is 6.20 Å². The summed E-state index contributed by atoms with van der Waals surface area (Å²) in [6.07, 6.45) is 3.33. The van der Waals surface area contributed by atoms with Crippen molar-refractivity contribution in [3.05, 3.63) is 52.9 Å². The molecule has 0 amide bonds. The Labute approximate surface area is 122 Å². The average Bonchev–Trinajstić information content (AvgIpc) is 2.46. The van der Waals surface area contributed by atoms with Gasteiger partial charge in [-0.15, -0.1) is 0 Å². The Hall–Kier alpha value is -2.28. The molecule has 7 heteroatoms. The van der Waals surface area contributed by atoms with Crippen molar-refractivity contribution in [1.82, 2.24) is 4.98 Å². The number of rotatable bonds is 6. The van der Waals surface area contributed by atoms with Gasteiger partial charge >= 0.3 is 0 Å². The molecule has 112 valence electrons. The topological polar surface area (TPSA) is 88.3 Å². The Morgan fingerprint density at radius 2 is 2.00 bits per heavy atom. The van der Waals surface area contributed by atoms with Gasteiger partial charge in [-0.2, -0.15) is 0 Å². The van der Waals surface area contributed by atoms with Crippen LogP contribution in [0.4, 0.5) is 5.69 Å². The SMILES string of the molecule is CCCOc1ccccc1NS(=O)(=O)c1c[nH]ccc1=O. The van der Waals surface area contributed by atoms with Crippen LogP contribution >= 0.6 is 0 Å². The van der Waals surface area contributed by atoms with Gasteiger partial charge in [-0.25, -0.2) is 8.42 Å². The molecule has 0 saturated carbocycles. The number of H-pyrrole nitrogens is 1. The molecule has 0 radical (unpaired) electrons. The summed E-state index contributed by atoms with van der Waals surface area (Å²) in [7, 11) is -3.97. The smallest absolute Gasteiger partial charge is 0.267 e. The maximum atomic E-state index is 12.3. The second-order valence-electron chi connectivity index (χ2n) is 4.32. The Balaban J connectivity index is 2.34. The first-order valence-electron chi connectivity index (χ1n) is 6.46. The van der Waals surface area contributed by atoms with Gasteiger partial charge in [-0.3, -0.25) is 9.52 Å². The number of hydrogen-bond acceptors (Lipinski definition) is 4. The van der Waals surface area contributed by atoms with E-state index in [1.807, 2.05) is 6.92 Å². The molecular formula is C14H16N2O4S. The van der Waals surface area contributed by atoms with Gasteiger partial charge in [0.25, 0.3) is 10.0 Å². The van der Waals surface area contributed by atoms with Gasteiger partial charge in [-0.1, -0.05) is 19.1 Å². The molecule has 0 bridgehead atoms. The fraction of sp³-hybridized carbons (Fsp3) is 0.214. The summed E-state index contributed by atoms with van der Waals surface area (Å²) in [5, 5.41) is 0. The van der Waals surface area contributed by atoms with Crippen LogP contribution in [0.5, 0.6) is 5.75 Å². The van der Waals surface area contributed by atoms with Crippen LogP contribution in [0.2, 0.25) is 0 Å². The Kier molecular flexibility index (Phi) is 4.64. The first kappa shape index (κ1) is 15.1. The second-order valence-corrected chi connectivity index (χ2v) is 5.97. The first-order valence-corrected chi connectivity index (χ1v) is 7.94. The van der Waals surface area contributed by atoms with Gasteiger partial charge in [0.15, 0.2) is 4.90 Å². The first-order chi connectivity index (χ1) is 10.0. The zero-order valence-corrected chi connectivity index (χ0v) is 12.3. The third-order valence-corrected chi connectivity index (χ3v) is 4.06. The number of benzene rings is 1. The summed E-state index contributed by atoms with van der Waals surface area (Å²) in [4.78, 5) is 13.9. The number of aromatic amines is 1. The van der Waals surface area contributed by atoms with Crippen molar-refractivity contribution in [2.75, 3.05) is 11.3 Å². The minimum Gasteiger partial charge on any atom is -0.491 e. The molecule has 2 N–H and O–H groups in total. The molecule has 2 rings (SSSR count). The quantitative estimate of drug-likeness (QED) is 0.854. The highest BCUT2D eigenvalue weighted by molar-refractivity contribution is 7.92. The molecule has 1 aromatic heterocycles. The van der Waals surface area contributed by atoms with Gasteiger partial charge in [0.05, 0.1) is 12.3 Å². The van der Waals surface area contributed by atoms with E-state index >= 15 is 0 Å². The van der Waals surface area contributed by atoms with E-state index in [1.54, 1.807) is 24.3 Å². The number of hydrogen-bond donors (Lipinski definition) is 2. The molecule has 6 nitrogen and oxygen atoms in total. The minimum atomic E-state index is -3.97. The van der Waals surface area contributed by atoms with Crippen molar-refractivity contribution >= 4 is 15.7 Å². The molecular weight excluding hydrogens is 292 g/mol. The summed E-state index contributed by atoms with van der Waals surface area (Å²) in [6.45, 7) is 2.43. The lowest BCUT2D eigenvalue weighted by Gasteiger charge is -2.12. The Morgan fingerprint density at radius 3 is 2.71 bits per heavy atom. The summed E-state index contributed by atoms with van der Waals surface area (Å²) >= 11 is 0. The van der Waals surface area contributed by atoms with Crippen LogP contribution in [0.25, 0.3) is 0 Å². The monoisotopic (exact) mass is 308 g/mol. The molecule has 2 aromatic rings. The summed E-state index contributed by atoms with van der Waals surface area (Å²) < 4.78 is 32.4. The van der Waals surface area contributed by atoms with Gasteiger partial charge in [-0.05, 0) is 18.6 Å². The number of anilines is 1. The fourth-order valence-electron chi connectivity index (χ4n) is 1.70. The molecule has 1 aromatic carbocycles. The molecule has 0 fully saturated rings. The van der Waals surface area contributed by atoms with E-state index in [2.05, 4.69) is 9.71 Å². The molecule has 0 unspecified atom stereocenters. The van der Waals surface area contributed by atoms with Crippen molar-refractivity contribution < 1.29 is 13.2 Å². The maximum Gasteiger partial charge on any atom is 0.267 e. The highest BCUT2D eigenvalue weighted by Crippen LogP contribution is 2.26. The largest absolute Gasteiger partial charge is 0.491 e. The maximum absolute atomic E-state index is 12.3. The van der Waals surface area contributed by atoms with E-state index in [-0.39, 0.29) is 4.90 Å². The van der Waals surface area contributed by atoms with Crippen LogP contribution in [-0.2, 0) is 10.0 Å². The van der Waals surface area contributed by atoms with Crippen LogP contribution in [0.3, 0.4) is 0 Å². The number of nitrogens with one attached hydrogen (secondary N) is 2. The fourth-order valence-corrected chi connectivity index (χ4v) is 2.82. The molecule has 0 aliphatic rings. The van der Waals surface area contributed by atoms with Crippen LogP contribution in [-0.4, -0.2) is 20.0 Å². The molecule has 21 heavy (non-hydrogen) atoms. The van der Waals surface area contributed by atoms with Crippen molar-refractivity contribution in [1.29, 1.82) is 0 Å². The molecule has 0 aliphatic heterocycles. The van der Waals surface area contributed by atoms with Gasteiger partial charge in [0.2, 0.25) is 5.43 Å². The summed E-state index contributed by atoms with van der Waals surface area (Å²) in [5.74, 6) is 0.426. The number of sulfonamides is 1. The molecule has 0 aliphatic carbocycles. The molecule has 0 spiro atoms. The average molecular weight is 308 g/mol. The van der Waals surface area contributed by atoms with Gasteiger partial charge < -0.3 is 9.72 Å².